The van der Waals surface area contributed by atoms with Gasteiger partial charge in [0.1, 0.15) is 5.82 Å². The SMILES string of the molecule is CCOc1c(CNC(=O)c2cn[nH]c2-c2cccc(F)c2)cccc1OC. The highest BCUT2D eigenvalue weighted by molar-refractivity contribution is 5.99. The first kappa shape index (κ1) is 18.4. The molecule has 6 nitrogen and oxygen atoms in total. The number of hydrogen-bond acceptors (Lipinski definition) is 4. The van der Waals surface area contributed by atoms with Gasteiger partial charge in [0.25, 0.3) is 5.91 Å². The van der Waals surface area contributed by atoms with E-state index in [0.717, 1.165) is 5.56 Å². The van der Waals surface area contributed by atoms with E-state index in [1.807, 2.05) is 19.1 Å². The van der Waals surface area contributed by atoms with Crippen LogP contribution in [0.15, 0.2) is 48.7 Å². The Bertz CT molecular complexity index is 940. The summed E-state index contributed by atoms with van der Waals surface area (Å²) in [6.07, 6.45) is 1.42. The van der Waals surface area contributed by atoms with E-state index in [0.29, 0.717) is 34.9 Å². The maximum Gasteiger partial charge on any atom is 0.255 e. The van der Waals surface area contributed by atoms with Crippen LogP contribution in [-0.2, 0) is 6.54 Å². The molecule has 0 atom stereocenters. The Morgan fingerprint density at radius 2 is 2.07 bits per heavy atom. The molecule has 27 heavy (non-hydrogen) atoms. The lowest BCUT2D eigenvalue weighted by atomic mass is 10.1. The summed E-state index contributed by atoms with van der Waals surface area (Å²) in [6, 6.07) is 11.5. The minimum Gasteiger partial charge on any atom is -0.493 e. The summed E-state index contributed by atoms with van der Waals surface area (Å²) in [6.45, 7) is 2.61. The number of carbonyl (C=O) groups excluding carboxylic acids is 1. The van der Waals surface area contributed by atoms with Crippen molar-refractivity contribution in [3.63, 3.8) is 0 Å². The summed E-state index contributed by atoms with van der Waals surface area (Å²) in [5.74, 6) is 0.493. The first-order chi connectivity index (χ1) is 13.1. The van der Waals surface area contributed by atoms with Crippen molar-refractivity contribution in [2.45, 2.75) is 13.5 Å². The van der Waals surface area contributed by atoms with Gasteiger partial charge in [0.05, 0.1) is 31.2 Å². The Morgan fingerprint density at radius 1 is 1.26 bits per heavy atom. The second kappa shape index (κ2) is 8.35. The highest BCUT2D eigenvalue weighted by Crippen LogP contribution is 2.31. The number of hydrogen-bond donors (Lipinski definition) is 2. The maximum absolute atomic E-state index is 13.5. The predicted octanol–water partition coefficient (Wildman–Crippen LogP) is 3.55. The van der Waals surface area contributed by atoms with Gasteiger partial charge in [0, 0.05) is 17.7 Å². The normalized spacial score (nSPS) is 10.5. The summed E-state index contributed by atoms with van der Waals surface area (Å²) >= 11 is 0. The fraction of sp³-hybridized carbons (Fsp3) is 0.200. The molecule has 3 rings (SSSR count). The Kier molecular flexibility index (Phi) is 5.71. The van der Waals surface area contributed by atoms with Gasteiger partial charge in [-0.15, -0.1) is 0 Å². The van der Waals surface area contributed by atoms with Crippen molar-refractivity contribution in [1.29, 1.82) is 0 Å². The van der Waals surface area contributed by atoms with Gasteiger partial charge < -0.3 is 14.8 Å². The van der Waals surface area contributed by atoms with Crippen molar-refractivity contribution < 1.29 is 18.7 Å². The monoisotopic (exact) mass is 369 g/mol. The molecule has 0 fully saturated rings. The van der Waals surface area contributed by atoms with Crippen molar-refractivity contribution in [1.82, 2.24) is 15.5 Å². The third-order valence-corrected chi connectivity index (χ3v) is 4.01. The van der Waals surface area contributed by atoms with E-state index in [9.17, 15) is 9.18 Å². The van der Waals surface area contributed by atoms with Crippen LogP contribution >= 0.6 is 0 Å². The molecule has 0 aliphatic rings. The number of para-hydroxylation sites is 1. The van der Waals surface area contributed by atoms with E-state index in [1.165, 1.54) is 18.3 Å². The van der Waals surface area contributed by atoms with E-state index in [1.54, 1.807) is 25.3 Å². The standard InChI is InChI=1S/C20H20FN3O3/c1-3-27-19-14(7-5-9-17(19)26-2)11-22-20(25)16-12-23-24-18(16)13-6-4-8-15(21)10-13/h4-10,12H,3,11H2,1-2H3,(H,22,25)(H,23,24). The predicted molar refractivity (Wildman–Crippen MR) is 99.3 cm³/mol. The molecule has 0 aliphatic carbocycles. The van der Waals surface area contributed by atoms with Gasteiger partial charge in [-0.2, -0.15) is 5.10 Å². The second-order valence-electron chi connectivity index (χ2n) is 5.73. The molecular weight excluding hydrogens is 349 g/mol. The zero-order chi connectivity index (χ0) is 19.2. The van der Waals surface area contributed by atoms with Crippen molar-refractivity contribution in [3.8, 4) is 22.8 Å². The van der Waals surface area contributed by atoms with Crippen LogP contribution < -0.4 is 14.8 Å². The number of nitrogens with zero attached hydrogens (tertiary/aromatic N) is 1. The molecule has 0 saturated heterocycles. The number of halogens is 1. The number of benzene rings is 2. The van der Waals surface area contributed by atoms with Gasteiger partial charge in [0.15, 0.2) is 11.5 Å². The minimum atomic E-state index is -0.383. The molecule has 0 saturated carbocycles. The Labute approximate surface area is 156 Å². The molecule has 1 amide bonds. The van der Waals surface area contributed by atoms with E-state index in [-0.39, 0.29) is 18.3 Å². The topological polar surface area (TPSA) is 76.2 Å². The summed E-state index contributed by atoms with van der Waals surface area (Å²) in [5.41, 5.74) is 2.14. The molecule has 0 radical (unpaired) electrons. The number of methoxy groups -OCH3 is 1. The number of nitrogens with one attached hydrogen (secondary N) is 2. The van der Waals surface area contributed by atoms with Crippen LogP contribution in [0.2, 0.25) is 0 Å². The molecule has 7 heteroatoms. The second-order valence-corrected chi connectivity index (χ2v) is 5.73. The zero-order valence-corrected chi connectivity index (χ0v) is 15.1. The molecule has 0 unspecified atom stereocenters. The molecule has 0 bridgehead atoms. The Morgan fingerprint density at radius 3 is 2.81 bits per heavy atom. The maximum atomic E-state index is 13.5. The Balaban J connectivity index is 1.79. The molecule has 140 valence electrons. The van der Waals surface area contributed by atoms with Gasteiger partial charge in [-0.05, 0) is 25.1 Å². The van der Waals surface area contributed by atoms with Crippen LogP contribution in [0, 0.1) is 5.82 Å². The van der Waals surface area contributed by atoms with Crippen LogP contribution in [0.3, 0.4) is 0 Å². The molecule has 0 aliphatic heterocycles. The molecule has 0 spiro atoms. The minimum absolute atomic E-state index is 0.249. The molecular formula is C20H20FN3O3. The number of aromatic nitrogens is 2. The number of aromatic amines is 1. The summed E-state index contributed by atoms with van der Waals surface area (Å²) in [7, 11) is 1.57. The fourth-order valence-electron chi connectivity index (χ4n) is 2.76. The molecule has 2 aromatic carbocycles. The van der Waals surface area contributed by atoms with Crippen molar-refractivity contribution in [2.24, 2.45) is 0 Å². The van der Waals surface area contributed by atoms with Gasteiger partial charge in [-0.3, -0.25) is 9.89 Å². The lowest BCUT2D eigenvalue weighted by Crippen LogP contribution is -2.23. The smallest absolute Gasteiger partial charge is 0.255 e. The zero-order valence-electron chi connectivity index (χ0n) is 15.1. The third kappa shape index (κ3) is 4.08. The lowest BCUT2D eigenvalue weighted by molar-refractivity contribution is 0.0951. The van der Waals surface area contributed by atoms with E-state index < -0.39 is 0 Å². The van der Waals surface area contributed by atoms with Gasteiger partial charge in [-0.25, -0.2) is 4.39 Å². The van der Waals surface area contributed by atoms with E-state index >= 15 is 0 Å². The van der Waals surface area contributed by atoms with Crippen molar-refractivity contribution >= 4 is 5.91 Å². The first-order valence-electron chi connectivity index (χ1n) is 8.50. The van der Waals surface area contributed by atoms with Crippen LogP contribution in [0.4, 0.5) is 4.39 Å². The van der Waals surface area contributed by atoms with Gasteiger partial charge in [0.2, 0.25) is 0 Å². The molecule has 1 aromatic heterocycles. The van der Waals surface area contributed by atoms with Gasteiger partial charge >= 0.3 is 0 Å². The molecule has 3 aromatic rings. The number of carbonyl (C=O) groups is 1. The lowest BCUT2D eigenvalue weighted by Gasteiger charge is -2.14. The average molecular weight is 369 g/mol. The summed E-state index contributed by atoms with van der Waals surface area (Å²) < 4.78 is 24.5. The largest absolute Gasteiger partial charge is 0.493 e. The van der Waals surface area contributed by atoms with E-state index in [2.05, 4.69) is 15.5 Å². The summed E-state index contributed by atoms with van der Waals surface area (Å²) in [5, 5.41) is 9.53. The highest BCUT2D eigenvalue weighted by Gasteiger charge is 2.17. The quantitative estimate of drug-likeness (QED) is 0.668. The Hall–Kier alpha value is -3.35. The van der Waals surface area contributed by atoms with E-state index in [4.69, 9.17) is 9.47 Å². The molecule has 2 N–H and O–H groups in total. The third-order valence-electron chi connectivity index (χ3n) is 4.01. The van der Waals surface area contributed by atoms with Gasteiger partial charge in [-0.1, -0.05) is 24.3 Å². The average Bonchev–Trinajstić information content (AvgIpc) is 3.17. The van der Waals surface area contributed by atoms with Crippen LogP contribution in [0.5, 0.6) is 11.5 Å². The fourth-order valence-corrected chi connectivity index (χ4v) is 2.76. The van der Waals surface area contributed by atoms with Crippen LogP contribution in [0.1, 0.15) is 22.8 Å². The van der Waals surface area contributed by atoms with Crippen molar-refractivity contribution in [3.05, 3.63) is 65.6 Å². The number of ether oxygens (including phenoxy) is 2. The summed E-state index contributed by atoms with van der Waals surface area (Å²) in [4.78, 5) is 12.6. The molecule has 1 heterocycles. The number of amides is 1. The van der Waals surface area contributed by atoms with Crippen LogP contribution in [-0.4, -0.2) is 29.8 Å². The van der Waals surface area contributed by atoms with Crippen molar-refractivity contribution in [2.75, 3.05) is 13.7 Å². The first-order valence-corrected chi connectivity index (χ1v) is 8.50. The highest BCUT2D eigenvalue weighted by atomic mass is 19.1. The number of H-pyrrole nitrogens is 1. The van der Waals surface area contributed by atoms with Crippen LogP contribution in [0.25, 0.3) is 11.3 Å². The number of rotatable bonds is 7.